The fraction of sp³-hybridized carbons (Fsp3) is 0.333. The third kappa shape index (κ3) is 2.91. The van der Waals surface area contributed by atoms with E-state index in [2.05, 4.69) is 15.4 Å². The summed E-state index contributed by atoms with van der Waals surface area (Å²) in [4.78, 5) is 4.16. The summed E-state index contributed by atoms with van der Waals surface area (Å²) in [6.45, 7) is 0.724. The number of nitrogen functional groups attached to an aromatic ring is 1. The highest BCUT2D eigenvalue weighted by Gasteiger charge is 2.02. The molecule has 0 atom stereocenters. The minimum Gasteiger partial charge on any atom is -0.497 e. The molecule has 18 heavy (non-hydrogen) atoms. The van der Waals surface area contributed by atoms with Gasteiger partial charge >= 0.3 is 0 Å². The van der Waals surface area contributed by atoms with Crippen molar-refractivity contribution in [2.75, 3.05) is 24.7 Å². The van der Waals surface area contributed by atoms with Crippen molar-refractivity contribution in [1.82, 2.24) is 14.8 Å². The molecule has 2 aromatic rings. The molecule has 0 unspecified atom stereocenters. The van der Waals surface area contributed by atoms with Crippen LogP contribution in [0.25, 0.3) is 0 Å². The Morgan fingerprint density at radius 2 is 2.28 bits per heavy atom. The fourth-order valence-corrected chi connectivity index (χ4v) is 1.62. The first-order valence-electron chi connectivity index (χ1n) is 5.71. The van der Waals surface area contributed by atoms with Crippen LogP contribution in [0, 0.1) is 0 Å². The second-order valence-corrected chi connectivity index (χ2v) is 3.96. The zero-order chi connectivity index (χ0) is 13.0. The van der Waals surface area contributed by atoms with Gasteiger partial charge in [-0.1, -0.05) is 0 Å². The van der Waals surface area contributed by atoms with Gasteiger partial charge in [0.05, 0.1) is 18.5 Å². The van der Waals surface area contributed by atoms with Crippen LogP contribution in [0.3, 0.4) is 0 Å². The van der Waals surface area contributed by atoms with Crippen LogP contribution in [0.1, 0.15) is 5.82 Å². The maximum atomic E-state index is 5.87. The average Bonchev–Trinajstić information content (AvgIpc) is 2.77. The molecule has 6 heteroatoms. The van der Waals surface area contributed by atoms with Crippen LogP contribution in [0.5, 0.6) is 5.75 Å². The van der Waals surface area contributed by atoms with E-state index >= 15 is 0 Å². The number of methoxy groups -OCH3 is 1. The zero-order valence-electron chi connectivity index (χ0n) is 10.6. The Bertz CT molecular complexity index is 523. The van der Waals surface area contributed by atoms with Crippen molar-refractivity contribution in [2.24, 2.45) is 7.05 Å². The Balaban J connectivity index is 1.93. The minimum absolute atomic E-state index is 0.699. The number of aryl methyl sites for hydroxylation is 1. The van der Waals surface area contributed by atoms with E-state index in [0.717, 1.165) is 30.2 Å². The molecule has 96 valence electrons. The number of anilines is 2. The molecule has 1 aromatic carbocycles. The molecule has 2 rings (SSSR count). The number of hydrogen-bond acceptors (Lipinski definition) is 5. The number of nitrogens with one attached hydrogen (secondary N) is 1. The second-order valence-electron chi connectivity index (χ2n) is 3.96. The predicted molar refractivity (Wildman–Crippen MR) is 70.6 cm³/mol. The molecular weight excluding hydrogens is 230 g/mol. The predicted octanol–water partition coefficient (Wildman–Crippen LogP) is 1.06. The monoisotopic (exact) mass is 247 g/mol. The third-order valence-corrected chi connectivity index (χ3v) is 2.57. The number of benzene rings is 1. The lowest BCUT2D eigenvalue weighted by molar-refractivity contribution is 0.415. The van der Waals surface area contributed by atoms with Gasteiger partial charge in [0, 0.05) is 26.1 Å². The normalized spacial score (nSPS) is 10.3. The van der Waals surface area contributed by atoms with Gasteiger partial charge in [-0.2, -0.15) is 5.10 Å². The van der Waals surface area contributed by atoms with Gasteiger partial charge in [-0.05, 0) is 12.1 Å². The number of nitrogens with two attached hydrogens (primary N) is 1. The summed E-state index contributed by atoms with van der Waals surface area (Å²) in [5.41, 5.74) is 7.44. The van der Waals surface area contributed by atoms with Gasteiger partial charge in [-0.25, -0.2) is 4.98 Å². The summed E-state index contributed by atoms with van der Waals surface area (Å²) in [6.07, 6.45) is 2.44. The summed E-state index contributed by atoms with van der Waals surface area (Å²) in [5, 5.41) is 7.46. The van der Waals surface area contributed by atoms with Gasteiger partial charge in [0.2, 0.25) is 0 Å². The number of nitrogens with zero attached hydrogens (tertiary/aromatic N) is 3. The smallest absolute Gasteiger partial charge is 0.152 e. The van der Waals surface area contributed by atoms with Crippen molar-refractivity contribution in [3.8, 4) is 5.75 Å². The highest BCUT2D eigenvalue weighted by Crippen LogP contribution is 2.24. The van der Waals surface area contributed by atoms with Crippen molar-refractivity contribution in [2.45, 2.75) is 6.42 Å². The van der Waals surface area contributed by atoms with Gasteiger partial charge in [-0.3, -0.25) is 4.68 Å². The van der Waals surface area contributed by atoms with Crippen LogP contribution in [0.15, 0.2) is 24.5 Å². The van der Waals surface area contributed by atoms with E-state index in [1.807, 2.05) is 25.2 Å². The van der Waals surface area contributed by atoms with E-state index < -0.39 is 0 Å². The summed E-state index contributed by atoms with van der Waals surface area (Å²) in [6, 6.07) is 5.53. The lowest BCUT2D eigenvalue weighted by Gasteiger charge is -2.10. The lowest BCUT2D eigenvalue weighted by Crippen LogP contribution is -2.08. The van der Waals surface area contributed by atoms with Crippen LogP contribution in [0.4, 0.5) is 11.4 Å². The summed E-state index contributed by atoms with van der Waals surface area (Å²) in [5.74, 6) is 1.59. The molecular formula is C12H17N5O. The number of hydrogen-bond donors (Lipinski definition) is 2. The lowest BCUT2D eigenvalue weighted by atomic mass is 10.2. The Kier molecular flexibility index (Phi) is 3.66. The maximum absolute atomic E-state index is 5.87. The first-order valence-corrected chi connectivity index (χ1v) is 5.71. The maximum Gasteiger partial charge on any atom is 0.152 e. The largest absolute Gasteiger partial charge is 0.497 e. The highest BCUT2D eigenvalue weighted by atomic mass is 16.5. The quantitative estimate of drug-likeness (QED) is 0.772. The number of ether oxygens (including phenoxy) is 1. The number of rotatable bonds is 5. The molecule has 0 aliphatic carbocycles. The second kappa shape index (κ2) is 5.39. The van der Waals surface area contributed by atoms with Crippen molar-refractivity contribution in [1.29, 1.82) is 0 Å². The third-order valence-electron chi connectivity index (χ3n) is 2.57. The molecule has 0 radical (unpaired) electrons. The van der Waals surface area contributed by atoms with Crippen LogP contribution in [-0.4, -0.2) is 28.4 Å². The van der Waals surface area contributed by atoms with Gasteiger partial charge in [0.1, 0.15) is 12.1 Å². The first kappa shape index (κ1) is 12.2. The van der Waals surface area contributed by atoms with E-state index in [0.29, 0.717) is 5.69 Å². The molecule has 3 N–H and O–H groups in total. The van der Waals surface area contributed by atoms with Crippen LogP contribution in [0.2, 0.25) is 0 Å². The minimum atomic E-state index is 0.699. The Morgan fingerprint density at radius 3 is 2.94 bits per heavy atom. The van der Waals surface area contributed by atoms with Crippen molar-refractivity contribution < 1.29 is 4.74 Å². The van der Waals surface area contributed by atoms with Gasteiger partial charge in [-0.15, -0.1) is 0 Å². The van der Waals surface area contributed by atoms with Gasteiger partial charge in [0.15, 0.2) is 5.82 Å². The summed E-state index contributed by atoms with van der Waals surface area (Å²) < 4.78 is 6.84. The van der Waals surface area contributed by atoms with Gasteiger partial charge in [0.25, 0.3) is 0 Å². The van der Waals surface area contributed by atoms with E-state index in [1.54, 1.807) is 18.1 Å². The molecule has 6 nitrogen and oxygen atoms in total. The van der Waals surface area contributed by atoms with Crippen molar-refractivity contribution in [3.63, 3.8) is 0 Å². The fourth-order valence-electron chi connectivity index (χ4n) is 1.62. The van der Waals surface area contributed by atoms with Crippen LogP contribution in [-0.2, 0) is 13.5 Å². The average molecular weight is 247 g/mol. The molecule has 1 aromatic heterocycles. The Morgan fingerprint density at radius 1 is 1.44 bits per heavy atom. The highest BCUT2D eigenvalue weighted by molar-refractivity contribution is 5.68. The van der Waals surface area contributed by atoms with Crippen LogP contribution < -0.4 is 15.8 Å². The van der Waals surface area contributed by atoms with Crippen molar-refractivity contribution >= 4 is 11.4 Å². The van der Waals surface area contributed by atoms with Crippen molar-refractivity contribution in [3.05, 3.63) is 30.4 Å². The van der Waals surface area contributed by atoms with E-state index in [-0.39, 0.29) is 0 Å². The molecule has 0 fully saturated rings. The zero-order valence-corrected chi connectivity index (χ0v) is 10.6. The molecule has 0 spiro atoms. The van der Waals surface area contributed by atoms with E-state index in [1.165, 1.54) is 0 Å². The summed E-state index contributed by atoms with van der Waals surface area (Å²) >= 11 is 0. The Labute approximate surface area is 106 Å². The Hall–Kier alpha value is -2.24. The van der Waals surface area contributed by atoms with Crippen LogP contribution >= 0.6 is 0 Å². The summed E-state index contributed by atoms with van der Waals surface area (Å²) in [7, 11) is 3.48. The molecule has 0 amide bonds. The molecule has 0 aliphatic heterocycles. The molecule has 0 bridgehead atoms. The molecule has 0 saturated carbocycles. The molecule has 0 saturated heterocycles. The topological polar surface area (TPSA) is 78.0 Å². The molecule has 1 heterocycles. The standard InChI is InChI=1S/C12H17N5O/c1-17-8-15-12(16-17)5-6-14-11-7-9(18-2)3-4-10(11)13/h3-4,7-8,14H,5-6,13H2,1-2H3. The van der Waals surface area contributed by atoms with Gasteiger partial charge < -0.3 is 15.8 Å². The molecule has 0 aliphatic rings. The van der Waals surface area contributed by atoms with E-state index in [4.69, 9.17) is 10.5 Å². The van der Waals surface area contributed by atoms with E-state index in [9.17, 15) is 0 Å². The SMILES string of the molecule is COc1ccc(N)c(NCCc2ncn(C)n2)c1. The number of aromatic nitrogens is 3. The first-order chi connectivity index (χ1) is 8.69.